The Morgan fingerprint density at radius 3 is 0.963 bits per heavy atom. The minimum absolute atomic E-state index is 0. The van der Waals surface area contributed by atoms with E-state index in [-0.39, 0.29) is 40.1 Å². The Bertz CT molecular complexity index is 317. The standard InChI is InChI=1S/C6H16N2.3C4H8O2.Au/c1-3-8(4-2)6-5-7;3*1-3(2)4(5)6;/h3-7H2,1-2H3;3*3H,1-2H3,(H,5,6);/q;;;;+3/p-3. The molecule has 0 saturated heterocycles. The van der Waals surface area contributed by atoms with Gasteiger partial charge in [-0.15, -0.1) is 0 Å². The van der Waals surface area contributed by atoms with E-state index in [1.54, 1.807) is 41.5 Å². The van der Waals surface area contributed by atoms with Crippen LogP contribution in [0.25, 0.3) is 0 Å². The van der Waals surface area contributed by atoms with Gasteiger partial charge in [-0.3, -0.25) is 0 Å². The first-order valence-corrected chi connectivity index (χ1v) is 8.83. The van der Waals surface area contributed by atoms with Gasteiger partial charge in [0.05, 0.1) is 0 Å². The van der Waals surface area contributed by atoms with E-state index < -0.39 is 17.9 Å². The van der Waals surface area contributed by atoms with Gasteiger partial charge in [0.2, 0.25) is 0 Å². The fraction of sp³-hybridized carbons (Fsp3) is 0.833. The van der Waals surface area contributed by atoms with E-state index in [0.29, 0.717) is 0 Å². The van der Waals surface area contributed by atoms with Gasteiger partial charge in [0.25, 0.3) is 0 Å². The summed E-state index contributed by atoms with van der Waals surface area (Å²) in [6.07, 6.45) is 0. The van der Waals surface area contributed by atoms with Gasteiger partial charge >= 0.3 is 22.4 Å². The molecule has 0 heterocycles. The van der Waals surface area contributed by atoms with Crippen molar-refractivity contribution in [3.8, 4) is 0 Å². The largest absolute Gasteiger partial charge is 3.00 e. The first-order valence-electron chi connectivity index (χ1n) is 8.83. The molecular formula is C18H37AuN2O6. The van der Waals surface area contributed by atoms with E-state index >= 15 is 0 Å². The number of nitrogens with two attached hydrogens (primary N) is 1. The number of hydrogen-bond acceptors (Lipinski definition) is 8. The average Bonchev–Trinajstić information content (AvgIpc) is 2.54. The summed E-state index contributed by atoms with van der Waals surface area (Å²) in [4.78, 5) is 31.1. The Balaban J connectivity index is -0.0000000794. The van der Waals surface area contributed by atoms with Crippen LogP contribution in [0.3, 0.4) is 0 Å². The van der Waals surface area contributed by atoms with Crippen molar-refractivity contribution >= 4 is 17.9 Å². The van der Waals surface area contributed by atoms with Crippen molar-refractivity contribution in [2.75, 3.05) is 26.2 Å². The van der Waals surface area contributed by atoms with Crippen molar-refractivity contribution in [1.82, 2.24) is 4.90 Å². The molecule has 2 N–H and O–H groups in total. The van der Waals surface area contributed by atoms with Crippen molar-refractivity contribution in [2.24, 2.45) is 23.5 Å². The minimum Gasteiger partial charge on any atom is -0.550 e. The van der Waals surface area contributed by atoms with E-state index in [0.717, 1.165) is 26.2 Å². The van der Waals surface area contributed by atoms with Crippen LogP contribution in [-0.4, -0.2) is 49.0 Å². The van der Waals surface area contributed by atoms with Crippen LogP contribution in [0.2, 0.25) is 0 Å². The summed E-state index contributed by atoms with van der Waals surface area (Å²) in [6, 6.07) is 0. The molecule has 0 aromatic carbocycles. The second kappa shape index (κ2) is 25.1. The van der Waals surface area contributed by atoms with Crippen LogP contribution in [0.1, 0.15) is 55.4 Å². The van der Waals surface area contributed by atoms with Gasteiger partial charge in [-0.1, -0.05) is 55.4 Å². The fourth-order valence-corrected chi connectivity index (χ4v) is 0.722. The molecule has 0 aliphatic carbocycles. The average molecular weight is 574 g/mol. The molecule has 0 radical (unpaired) electrons. The van der Waals surface area contributed by atoms with Gasteiger partial charge < -0.3 is 40.3 Å². The fourth-order valence-electron chi connectivity index (χ4n) is 0.722. The summed E-state index contributed by atoms with van der Waals surface area (Å²) in [5.74, 6) is -4.00. The summed E-state index contributed by atoms with van der Waals surface area (Å²) >= 11 is 0. The summed E-state index contributed by atoms with van der Waals surface area (Å²) < 4.78 is 0. The van der Waals surface area contributed by atoms with E-state index in [9.17, 15) is 29.7 Å². The molecular weight excluding hydrogens is 537 g/mol. The van der Waals surface area contributed by atoms with E-state index in [4.69, 9.17) is 5.73 Å². The Morgan fingerprint density at radius 2 is 0.926 bits per heavy atom. The number of carboxylic acids is 3. The first-order chi connectivity index (χ1) is 11.8. The minimum atomic E-state index is -0.991. The molecule has 0 aromatic heterocycles. The molecule has 0 fully saturated rings. The number of aliphatic carboxylic acids is 3. The van der Waals surface area contributed by atoms with Crippen LogP contribution in [-0.2, 0) is 36.8 Å². The van der Waals surface area contributed by atoms with Crippen molar-refractivity contribution in [2.45, 2.75) is 55.4 Å². The van der Waals surface area contributed by atoms with Gasteiger partial charge in [-0.05, 0) is 30.8 Å². The van der Waals surface area contributed by atoms with Crippen LogP contribution in [0.4, 0.5) is 0 Å². The molecule has 0 unspecified atom stereocenters. The predicted octanol–water partition coefficient (Wildman–Crippen LogP) is -1.54. The zero-order valence-electron chi connectivity index (χ0n) is 17.8. The summed E-state index contributed by atoms with van der Waals surface area (Å²) in [6.45, 7) is 17.8. The van der Waals surface area contributed by atoms with Crippen LogP contribution in [0, 0.1) is 17.8 Å². The quantitative estimate of drug-likeness (QED) is 0.360. The SMILES string of the molecule is CC(C)C(=O)[O-].CC(C)C(=O)[O-].CC(C)C(=O)[O-].CCN(CC)CCN.[Au+3]. The Kier molecular flexibility index (Phi) is 34.3. The Morgan fingerprint density at radius 1 is 0.741 bits per heavy atom. The number of rotatable bonds is 7. The maximum atomic E-state index is 9.59. The maximum absolute atomic E-state index is 9.59. The van der Waals surface area contributed by atoms with E-state index in [1.165, 1.54) is 0 Å². The van der Waals surface area contributed by atoms with Crippen molar-refractivity contribution in [3.05, 3.63) is 0 Å². The smallest absolute Gasteiger partial charge is 0.550 e. The number of likely N-dealkylation sites (N-methyl/N-ethyl adjacent to an activating group) is 1. The molecule has 0 spiro atoms. The molecule has 0 aliphatic rings. The molecule has 27 heavy (non-hydrogen) atoms. The zero-order valence-corrected chi connectivity index (χ0v) is 20.0. The summed E-state index contributed by atoms with van der Waals surface area (Å²) in [5.41, 5.74) is 5.34. The third-order valence-electron chi connectivity index (χ3n) is 2.75. The molecule has 0 atom stereocenters. The maximum Gasteiger partial charge on any atom is 3.00 e. The predicted molar refractivity (Wildman–Crippen MR) is 96.4 cm³/mol. The molecule has 0 bridgehead atoms. The summed E-state index contributed by atoms with van der Waals surface area (Å²) in [7, 11) is 0. The van der Waals surface area contributed by atoms with Crippen molar-refractivity contribution < 1.29 is 52.1 Å². The number of carbonyl (C=O) groups is 3. The van der Waals surface area contributed by atoms with Crippen LogP contribution >= 0.6 is 0 Å². The topological polar surface area (TPSA) is 150 Å². The van der Waals surface area contributed by atoms with Crippen LogP contribution in [0.15, 0.2) is 0 Å². The molecule has 166 valence electrons. The van der Waals surface area contributed by atoms with Crippen LogP contribution in [0.5, 0.6) is 0 Å². The van der Waals surface area contributed by atoms with Gasteiger partial charge in [-0.25, -0.2) is 0 Å². The number of carboxylic acid groups (broad SMARTS) is 3. The number of hydrogen-bond donors (Lipinski definition) is 1. The molecule has 8 nitrogen and oxygen atoms in total. The van der Waals surface area contributed by atoms with Gasteiger partial charge in [0, 0.05) is 31.0 Å². The summed E-state index contributed by atoms with van der Waals surface area (Å²) in [5, 5.41) is 28.8. The van der Waals surface area contributed by atoms with Gasteiger partial charge in [0.1, 0.15) is 0 Å². The van der Waals surface area contributed by atoms with E-state index in [1.807, 2.05) is 0 Å². The van der Waals surface area contributed by atoms with Gasteiger partial charge in [-0.2, -0.15) is 0 Å². The Hall–Kier alpha value is -0.930. The third kappa shape index (κ3) is 40.9. The zero-order chi connectivity index (χ0) is 21.9. The van der Waals surface area contributed by atoms with Crippen molar-refractivity contribution in [1.29, 1.82) is 0 Å². The second-order valence-electron chi connectivity index (χ2n) is 6.24. The van der Waals surface area contributed by atoms with Crippen molar-refractivity contribution in [3.63, 3.8) is 0 Å². The molecule has 0 aromatic rings. The number of nitrogens with zero attached hydrogens (tertiary/aromatic N) is 1. The second-order valence-corrected chi connectivity index (χ2v) is 6.24. The third-order valence-corrected chi connectivity index (χ3v) is 2.75. The normalized spacial score (nSPS) is 9.22. The number of carbonyl (C=O) groups excluding carboxylic acids is 3. The molecule has 0 rings (SSSR count). The molecule has 0 aliphatic heterocycles. The van der Waals surface area contributed by atoms with E-state index in [2.05, 4.69) is 18.7 Å². The van der Waals surface area contributed by atoms with Gasteiger partial charge in [0.15, 0.2) is 0 Å². The Labute approximate surface area is 180 Å². The molecule has 0 amide bonds. The molecule has 9 heteroatoms. The first kappa shape index (κ1) is 36.9. The monoisotopic (exact) mass is 574 g/mol. The molecule has 0 saturated carbocycles. The van der Waals surface area contributed by atoms with Crippen LogP contribution < -0.4 is 21.1 Å².